The molecule has 100 valence electrons. The summed E-state index contributed by atoms with van der Waals surface area (Å²) in [6.45, 7) is 2.66. The summed E-state index contributed by atoms with van der Waals surface area (Å²) in [5, 5.41) is 17.3. The third-order valence-electron chi connectivity index (χ3n) is 2.72. The Balaban J connectivity index is 2.32. The molecule has 0 radical (unpaired) electrons. The first-order chi connectivity index (χ1) is 9.26. The zero-order chi connectivity index (χ0) is 13.9. The summed E-state index contributed by atoms with van der Waals surface area (Å²) in [6.07, 6.45) is 1.12. The van der Waals surface area contributed by atoms with E-state index in [1.165, 1.54) is 9.80 Å². The van der Waals surface area contributed by atoms with Gasteiger partial charge in [0.1, 0.15) is 0 Å². The Bertz CT molecular complexity index is 429. The molecule has 0 aliphatic heterocycles. The highest BCUT2D eigenvalue weighted by Crippen LogP contribution is 2.19. The number of hydrogen-bond acceptors (Lipinski definition) is 3. The van der Waals surface area contributed by atoms with Crippen LogP contribution in [0.5, 0.6) is 0 Å². The van der Waals surface area contributed by atoms with Crippen molar-refractivity contribution in [1.82, 2.24) is 0 Å². The Morgan fingerprint density at radius 2 is 1.58 bits per heavy atom. The molecular weight excluding hydrogens is 322 g/mol. The lowest BCUT2D eigenvalue weighted by Gasteiger charge is -2.16. The van der Waals surface area contributed by atoms with Crippen molar-refractivity contribution in [2.24, 2.45) is 0 Å². The molecule has 1 aromatic rings. The second-order valence-corrected chi connectivity index (χ2v) is 6.20. The van der Waals surface area contributed by atoms with Gasteiger partial charge >= 0.3 is 0 Å². The molecule has 0 spiro atoms. The zero-order valence-electron chi connectivity index (χ0n) is 10.7. The molecule has 19 heavy (non-hydrogen) atoms. The number of nitriles is 2. The highest BCUT2D eigenvalue weighted by Gasteiger charge is 2.07. The number of thioether (sulfide) groups is 1. The lowest BCUT2D eigenvalue weighted by Crippen LogP contribution is -3.12. The summed E-state index contributed by atoms with van der Waals surface area (Å²) in [4.78, 5) is 2.59. The third-order valence-corrected chi connectivity index (χ3v) is 4.26. The first-order valence-electron chi connectivity index (χ1n) is 6.22. The van der Waals surface area contributed by atoms with Crippen LogP contribution in [-0.4, -0.2) is 25.4 Å². The maximum atomic E-state index is 8.63. The van der Waals surface area contributed by atoms with Crippen LogP contribution in [0.3, 0.4) is 0 Å². The number of hydrogen-bond donors (Lipinski definition) is 1. The Hall–Kier alpha value is -1.01. The maximum Gasteiger partial charge on any atom is 0.0903 e. The summed E-state index contributed by atoms with van der Waals surface area (Å²) < 4.78 is 1.09. The summed E-state index contributed by atoms with van der Waals surface area (Å²) in [5.74, 6) is 1.01. The molecule has 0 amide bonds. The molecule has 0 fully saturated rings. The summed E-state index contributed by atoms with van der Waals surface area (Å²) >= 11 is 5.24. The Morgan fingerprint density at radius 3 is 2.11 bits per heavy atom. The number of benzene rings is 1. The molecule has 0 bridgehead atoms. The standard InChI is InChI=1S/C14H16BrN3S/c15-13-3-5-14(6-4-13)19-12-11-18(9-1-7-16)10-2-8-17/h3-6H,1-2,9-12H2/p+1. The highest BCUT2D eigenvalue weighted by atomic mass is 79.9. The minimum Gasteiger partial charge on any atom is -0.333 e. The fraction of sp³-hybridized carbons (Fsp3) is 0.429. The van der Waals surface area contributed by atoms with E-state index < -0.39 is 0 Å². The number of halogens is 1. The van der Waals surface area contributed by atoms with Gasteiger partial charge in [0.25, 0.3) is 0 Å². The minimum absolute atomic E-state index is 0.559. The predicted octanol–water partition coefficient (Wildman–Crippen LogP) is 2.25. The summed E-state index contributed by atoms with van der Waals surface area (Å²) in [7, 11) is 0. The average Bonchev–Trinajstić information content (AvgIpc) is 2.43. The van der Waals surface area contributed by atoms with Gasteiger partial charge in [-0.25, -0.2) is 0 Å². The van der Waals surface area contributed by atoms with Gasteiger partial charge in [0.15, 0.2) is 0 Å². The molecule has 0 heterocycles. The van der Waals surface area contributed by atoms with E-state index in [1.807, 2.05) is 23.9 Å². The van der Waals surface area contributed by atoms with Crippen LogP contribution in [0.2, 0.25) is 0 Å². The summed E-state index contributed by atoms with van der Waals surface area (Å²) in [6, 6.07) is 12.6. The predicted molar refractivity (Wildman–Crippen MR) is 80.9 cm³/mol. The van der Waals surface area contributed by atoms with Crippen LogP contribution in [0, 0.1) is 22.7 Å². The molecule has 3 nitrogen and oxygen atoms in total. The second kappa shape index (κ2) is 9.86. The van der Waals surface area contributed by atoms with E-state index >= 15 is 0 Å². The molecule has 0 unspecified atom stereocenters. The van der Waals surface area contributed by atoms with Gasteiger partial charge < -0.3 is 4.90 Å². The first kappa shape index (κ1) is 16.0. The van der Waals surface area contributed by atoms with Gasteiger partial charge in [0, 0.05) is 15.1 Å². The molecule has 0 saturated heterocycles. The topological polar surface area (TPSA) is 52.0 Å². The molecule has 0 aromatic heterocycles. The van der Waals surface area contributed by atoms with Crippen molar-refractivity contribution in [1.29, 1.82) is 10.5 Å². The van der Waals surface area contributed by atoms with E-state index in [2.05, 4.69) is 40.2 Å². The lowest BCUT2D eigenvalue weighted by atomic mass is 10.3. The quantitative estimate of drug-likeness (QED) is 0.739. The second-order valence-electron chi connectivity index (χ2n) is 4.12. The average molecular weight is 339 g/mol. The zero-order valence-corrected chi connectivity index (χ0v) is 13.1. The van der Waals surface area contributed by atoms with Crippen molar-refractivity contribution in [2.75, 3.05) is 25.4 Å². The minimum atomic E-state index is 0.559. The number of nitrogens with one attached hydrogen (secondary N) is 1. The van der Waals surface area contributed by atoms with Crippen molar-refractivity contribution in [3.8, 4) is 12.1 Å². The Kier molecular flexibility index (Phi) is 8.33. The van der Waals surface area contributed by atoms with E-state index in [-0.39, 0.29) is 0 Å². The number of quaternary nitrogens is 1. The van der Waals surface area contributed by atoms with Crippen molar-refractivity contribution in [3.05, 3.63) is 28.7 Å². The normalized spacial score (nSPS) is 10.1. The third kappa shape index (κ3) is 7.22. The van der Waals surface area contributed by atoms with Crippen LogP contribution < -0.4 is 4.90 Å². The molecular formula is C14H17BrN3S+. The lowest BCUT2D eigenvalue weighted by molar-refractivity contribution is -0.896. The molecule has 5 heteroatoms. The van der Waals surface area contributed by atoms with Crippen molar-refractivity contribution >= 4 is 27.7 Å². The van der Waals surface area contributed by atoms with Gasteiger partial charge in [-0.15, -0.1) is 11.8 Å². The van der Waals surface area contributed by atoms with Crippen molar-refractivity contribution in [2.45, 2.75) is 17.7 Å². The largest absolute Gasteiger partial charge is 0.333 e. The summed E-state index contributed by atoms with van der Waals surface area (Å²) in [5.41, 5.74) is 0. The molecule has 0 aliphatic rings. The molecule has 0 atom stereocenters. The molecule has 0 saturated carbocycles. The van der Waals surface area contributed by atoms with E-state index in [4.69, 9.17) is 10.5 Å². The highest BCUT2D eigenvalue weighted by molar-refractivity contribution is 9.10. The maximum absolute atomic E-state index is 8.63. The molecule has 1 rings (SSSR count). The monoisotopic (exact) mass is 338 g/mol. The van der Waals surface area contributed by atoms with Gasteiger partial charge in [-0.1, -0.05) is 15.9 Å². The molecule has 0 aliphatic carbocycles. The van der Waals surface area contributed by atoms with Crippen molar-refractivity contribution in [3.63, 3.8) is 0 Å². The SMILES string of the molecule is N#CCC[NH+](CCC#N)CCSc1ccc(Br)cc1. The van der Waals surface area contributed by atoms with Crippen LogP contribution in [0.15, 0.2) is 33.6 Å². The van der Waals surface area contributed by atoms with Crippen LogP contribution in [0.1, 0.15) is 12.8 Å². The van der Waals surface area contributed by atoms with E-state index in [0.717, 1.165) is 29.9 Å². The van der Waals surface area contributed by atoms with Crippen LogP contribution in [-0.2, 0) is 0 Å². The molecule has 1 aromatic carbocycles. The Labute approximate surface area is 127 Å². The van der Waals surface area contributed by atoms with E-state index in [0.29, 0.717) is 12.8 Å². The fourth-order valence-corrected chi connectivity index (χ4v) is 2.90. The van der Waals surface area contributed by atoms with E-state index in [1.54, 1.807) is 0 Å². The van der Waals surface area contributed by atoms with E-state index in [9.17, 15) is 0 Å². The molecule has 1 N–H and O–H groups in total. The van der Waals surface area contributed by atoms with Gasteiger partial charge in [-0.3, -0.25) is 0 Å². The van der Waals surface area contributed by atoms with Gasteiger partial charge in [-0.05, 0) is 24.3 Å². The first-order valence-corrected chi connectivity index (χ1v) is 8.00. The van der Waals surface area contributed by atoms with Gasteiger partial charge in [0.2, 0.25) is 0 Å². The Morgan fingerprint density at radius 1 is 1.00 bits per heavy atom. The number of rotatable bonds is 8. The van der Waals surface area contributed by atoms with Crippen LogP contribution in [0.4, 0.5) is 0 Å². The van der Waals surface area contributed by atoms with Gasteiger partial charge in [-0.2, -0.15) is 10.5 Å². The van der Waals surface area contributed by atoms with Crippen molar-refractivity contribution < 1.29 is 4.90 Å². The fourth-order valence-electron chi connectivity index (χ4n) is 1.68. The van der Waals surface area contributed by atoms with Crippen LogP contribution in [0.25, 0.3) is 0 Å². The smallest absolute Gasteiger partial charge is 0.0903 e. The van der Waals surface area contributed by atoms with Gasteiger partial charge in [0.05, 0.1) is 44.6 Å². The van der Waals surface area contributed by atoms with Crippen LogP contribution >= 0.6 is 27.7 Å². The number of nitrogens with zero attached hydrogens (tertiary/aromatic N) is 2.